The summed E-state index contributed by atoms with van der Waals surface area (Å²) >= 11 is 12.0. The molecule has 0 bridgehead atoms. The van der Waals surface area contributed by atoms with Crippen molar-refractivity contribution < 1.29 is 9.90 Å². The highest BCUT2D eigenvalue weighted by Crippen LogP contribution is 2.29. The summed E-state index contributed by atoms with van der Waals surface area (Å²) in [6.45, 7) is 0.472. The average molecular weight is 376 g/mol. The van der Waals surface area contributed by atoms with Crippen molar-refractivity contribution in [1.29, 1.82) is 0 Å². The number of hydrogen-bond acceptors (Lipinski definition) is 3. The van der Waals surface area contributed by atoms with Crippen LogP contribution >= 0.6 is 23.2 Å². The van der Waals surface area contributed by atoms with Crippen molar-refractivity contribution >= 4 is 29.1 Å². The largest absolute Gasteiger partial charge is 0.508 e. The van der Waals surface area contributed by atoms with Gasteiger partial charge >= 0.3 is 0 Å². The Hall–Kier alpha value is -2.50. The van der Waals surface area contributed by atoms with Gasteiger partial charge in [0.2, 0.25) is 0 Å². The number of phenolic OH excluding ortho intramolecular Hbond substituents is 1. The number of carbonyl (C=O) groups is 1. The predicted octanol–water partition coefficient (Wildman–Crippen LogP) is 4.06. The van der Waals surface area contributed by atoms with Crippen molar-refractivity contribution in [3.05, 3.63) is 69.8 Å². The van der Waals surface area contributed by atoms with Crippen LogP contribution in [0.15, 0.2) is 48.5 Å². The summed E-state index contributed by atoms with van der Waals surface area (Å²) in [6, 6.07) is 13.6. The van der Waals surface area contributed by atoms with Gasteiger partial charge in [-0.3, -0.25) is 9.89 Å². The normalized spacial score (nSPS) is 10.6. The van der Waals surface area contributed by atoms with Gasteiger partial charge in [-0.05, 0) is 48.4 Å². The van der Waals surface area contributed by atoms with Crippen LogP contribution in [0.5, 0.6) is 5.75 Å². The quantitative estimate of drug-likeness (QED) is 0.628. The monoisotopic (exact) mass is 375 g/mol. The maximum Gasteiger partial charge on any atom is 0.269 e. The molecule has 0 saturated carbocycles. The fraction of sp³-hybridized carbons (Fsp3) is 0.111. The number of aromatic nitrogens is 2. The average Bonchev–Trinajstić information content (AvgIpc) is 3.06. The van der Waals surface area contributed by atoms with E-state index in [4.69, 9.17) is 23.2 Å². The molecule has 0 spiro atoms. The first kappa shape index (κ1) is 17.3. The van der Waals surface area contributed by atoms with Gasteiger partial charge in [-0.2, -0.15) is 5.10 Å². The third-order valence-corrected chi connectivity index (χ3v) is 4.21. The molecule has 5 nitrogen and oxygen atoms in total. The van der Waals surface area contributed by atoms with Crippen molar-refractivity contribution in [2.24, 2.45) is 0 Å². The highest BCUT2D eigenvalue weighted by Gasteiger charge is 2.13. The minimum Gasteiger partial charge on any atom is -0.508 e. The van der Waals surface area contributed by atoms with Crippen LogP contribution in [0.2, 0.25) is 10.0 Å². The molecule has 7 heteroatoms. The van der Waals surface area contributed by atoms with Gasteiger partial charge in [-0.15, -0.1) is 0 Å². The second kappa shape index (κ2) is 7.59. The number of rotatable bonds is 5. The fourth-order valence-corrected chi connectivity index (χ4v) is 2.86. The third kappa shape index (κ3) is 4.32. The summed E-state index contributed by atoms with van der Waals surface area (Å²) in [5.74, 6) is -0.0266. The third-order valence-electron chi connectivity index (χ3n) is 3.67. The molecular weight excluding hydrogens is 361 g/mol. The number of H-pyrrole nitrogens is 1. The van der Waals surface area contributed by atoms with Crippen molar-refractivity contribution in [1.82, 2.24) is 15.5 Å². The van der Waals surface area contributed by atoms with Crippen LogP contribution in [0.4, 0.5) is 0 Å². The van der Waals surface area contributed by atoms with Crippen molar-refractivity contribution in [3.63, 3.8) is 0 Å². The maximum absolute atomic E-state index is 12.2. The number of halogens is 2. The molecule has 3 N–H and O–H groups in total. The van der Waals surface area contributed by atoms with E-state index in [2.05, 4.69) is 15.5 Å². The van der Waals surface area contributed by atoms with Gasteiger partial charge in [0.25, 0.3) is 5.91 Å². The summed E-state index contributed by atoms with van der Waals surface area (Å²) in [7, 11) is 0. The molecule has 0 aliphatic carbocycles. The van der Waals surface area contributed by atoms with E-state index in [-0.39, 0.29) is 11.7 Å². The van der Waals surface area contributed by atoms with E-state index >= 15 is 0 Å². The van der Waals surface area contributed by atoms with Crippen LogP contribution in [0, 0.1) is 0 Å². The minimum absolute atomic E-state index is 0.221. The zero-order valence-corrected chi connectivity index (χ0v) is 14.6. The fourth-order valence-electron chi connectivity index (χ4n) is 2.35. The lowest BCUT2D eigenvalue weighted by Gasteiger charge is -2.04. The Labute approximate surface area is 154 Å². The van der Waals surface area contributed by atoms with Crippen LogP contribution in [0.3, 0.4) is 0 Å². The number of nitrogens with zero attached hydrogens (tertiary/aromatic N) is 1. The number of nitrogens with one attached hydrogen (secondary N) is 2. The van der Waals surface area contributed by atoms with Crippen LogP contribution in [-0.4, -0.2) is 27.8 Å². The predicted molar refractivity (Wildman–Crippen MR) is 98.2 cm³/mol. The molecule has 0 atom stereocenters. The zero-order chi connectivity index (χ0) is 17.8. The standard InChI is InChI=1S/C18H15Cl2N3O2/c19-12-3-6-14(15(20)9-12)16-10-17(23-22-16)18(25)21-8-7-11-1-4-13(24)5-2-11/h1-6,9-10,24H,7-8H2,(H,21,25)(H,22,23). The smallest absolute Gasteiger partial charge is 0.269 e. The van der Waals surface area contributed by atoms with Crippen molar-refractivity contribution in [2.75, 3.05) is 6.54 Å². The van der Waals surface area contributed by atoms with Crippen LogP contribution < -0.4 is 5.32 Å². The molecule has 0 unspecified atom stereocenters. The Bertz CT molecular complexity index is 892. The van der Waals surface area contributed by atoms with Crippen molar-refractivity contribution in [2.45, 2.75) is 6.42 Å². The first-order chi connectivity index (χ1) is 12.0. The summed E-state index contributed by atoms with van der Waals surface area (Å²) in [5.41, 5.74) is 2.65. The molecule has 1 aromatic heterocycles. The Morgan fingerprint density at radius 2 is 1.88 bits per heavy atom. The Balaban J connectivity index is 1.61. The molecular formula is C18H15Cl2N3O2. The second-order valence-electron chi connectivity index (χ2n) is 5.46. The molecule has 1 amide bonds. The van der Waals surface area contributed by atoms with E-state index in [1.165, 1.54) is 0 Å². The van der Waals surface area contributed by atoms with Gasteiger partial charge in [-0.1, -0.05) is 35.3 Å². The first-order valence-corrected chi connectivity index (χ1v) is 8.35. The van der Waals surface area contributed by atoms with Gasteiger partial charge in [0, 0.05) is 17.1 Å². The van der Waals surface area contributed by atoms with E-state index in [0.29, 0.717) is 40.0 Å². The number of phenols is 1. The zero-order valence-electron chi connectivity index (χ0n) is 13.1. The molecule has 0 fully saturated rings. The van der Waals surface area contributed by atoms with Crippen LogP contribution in [0.25, 0.3) is 11.3 Å². The van der Waals surface area contributed by atoms with E-state index in [0.717, 1.165) is 5.56 Å². The van der Waals surface area contributed by atoms with Gasteiger partial charge in [-0.25, -0.2) is 0 Å². The molecule has 128 valence electrons. The number of aromatic amines is 1. The highest BCUT2D eigenvalue weighted by molar-refractivity contribution is 6.36. The molecule has 25 heavy (non-hydrogen) atoms. The number of benzene rings is 2. The van der Waals surface area contributed by atoms with Crippen LogP contribution in [0.1, 0.15) is 16.1 Å². The van der Waals surface area contributed by atoms with E-state index in [1.807, 2.05) is 12.1 Å². The molecule has 0 radical (unpaired) electrons. The minimum atomic E-state index is -0.248. The number of amides is 1. The maximum atomic E-state index is 12.2. The number of carbonyl (C=O) groups excluding carboxylic acids is 1. The Morgan fingerprint density at radius 1 is 1.12 bits per heavy atom. The second-order valence-corrected chi connectivity index (χ2v) is 6.31. The SMILES string of the molecule is O=C(NCCc1ccc(O)cc1)c1cc(-c2ccc(Cl)cc2Cl)n[nH]1. The summed E-state index contributed by atoms with van der Waals surface area (Å²) in [5, 5.41) is 19.9. The lowest BCUT2D eigenvalue weighted by Crippen LogP contribution is -2.26. The van der Waals surface area contributed by atoms with Gasteiger partial charge in [0.1, 0.15) is 11.4 Å². The molecule has 2 aromatic carbocycles. The molecule has 1 heterocycles. The number of aromatic hydroxyl groups is 1. The molecule has 0 saturated heterocycles. The Kier molecular flexibility index (Phi) is 5.26. The summed E-state index contributed by atoms with van der Waals surface area (Å²) in [6.07, 6.45) is 0.663. The van der Waals surface area contributed by atoms with E-state index < -0.39 is 0 Å². The molecule has 3 rings (SSSR count). The number of hydrogen-bond donors (Lipinski definition) is 3. The van der Waals surface area contributed by atoms with Gasteiger partial charge in [0.15, 0.2) is 0 Å². The topological polar surface area (TPSA) is 78.0 Å². The molecule has 0 aliphatic rings. The highest BCUT2D eigenvalue weighted by atomic mass is 35.5. The first-order valence-electron chi connectivity index (χ1n) is 7.60. The lowest BCUT2D eigenvalue weighted by molar-refractivity contribution is 0.0949. The Morgan fingerprint density at radius 3 is 2.60 bits per heavy atom. The molecule has 0 aliphatic heterocycles. The summed E-state index contributed by atoms with van der Waals surface area (Å²) in [4.78, 5) is 12.2. The van der Waals surface area contributed by atoms with Gasteiger partial charge < -0.3 is 10.4 Å². The lowest BCUT2D eigenvalue weighted by atomic mass is 10.1. The van der Waals surface area contributed by atoms with E-state index in [9.17, 15) is 9.90 Å². The molecule has 3 aromatic rings. The van der Waals surface area contributed by atoms with E-state index in [1.54, 1.807) is 36.4 Å². The van der Waals surface area contributed by atoms with Gasteiger partial charge in [0.05, 0.1) is 10.7 Å². The summed E-state index contributed by atoms with van der Waals surface area (Å²) < 4.78 is 0. The van der Waals surface area contributed by atoms with Crippen LogP contribution in [-0.2, 0) is 6.42 Å². The van der Waals surface area contributed by atoms with Crippen molar-refractivity contribution in [3.8, 4) is 17.0 Å².